The standard InChI is InChI=1S/C15H10BrClFNO2/c1-21-13-5-3-9(17)7-11(13)15(18)10-6-8(16)2-4-12(10)19-14(15)20/h2-7H,1H3,(H,19,20). The van der Waals surface area contributed by atoms with Gasteiger partial charge < -0.3 is 10.1 Å². The third kappa shape index (κ3) is 2.12. The van der Waals surface area contributed by atoms with E-state index in [1.165, 1.54) is 13.2 Å². The molecule has 6 heteroatoms. The predicted molar refractivity (Wildman–Crippen MR) is 82.7 cm³/mol. The Labute approximate surface area is 134 Å². The molecule has 0 radical (unpaired) electrons. The summed E-state index contributed by atoms with van der Waals surface area (Å²) in [5, 5.41) is 2.88. The van der Waals surface area contributed by atoms with Crippen LogP contribution in [0.15, 0.2) is 40.9 Å². The average Bonchev–Trinajstić information content (AvgIpc) is 2.72. The molecule has 3 nitrogen and oxygen atoms in total. The molecule has 21 heavy (non-hydrogen) atoms. The molecule has 1 aliphatic heterocycles. The van der Waals surface area contributed by atoms with Crippen molar-refractivity contribution < 1.29 is 13.9 Å². The van der Waals surface area contributed by atoms with Gasteiger partial charge in [0.1, 0.15) is 5.75 Å². The molecule has 0 fully saturated rings. The Morgan fingerprint density at radius 2 is 2.00 bits per heavy atom. The van der Waals surface area contributed by atoms with Crippen LogP contribution in [0.4, 0.5) is 10.1 Å². The van der Waals surface area contributed by atoms with E-state index in [-0.39, 0.29) is 16.9 Å². The zero-order chi connectivity index (χ0) is 15.2. The molecule has 3 rings (SSSR count). The van der Waals surface area contributed by atoms with E-state index in [0.717, 1.165) is 0 Å². The highest BCUT2D eigenvalue weighted by Gasteiger charge is 2.51. The maximum atomic E-state index is 15.7. The second kappa shape index (κ2) is 5.00. The van der Waals surface area contributed by atoms with Gasteiger partial charge in [0.25, 0.3) is 5.91 Å². The highest BCUT2D eigenvalue weighted by atomic mass is 79.9. The molecule has 0 aliphatic carbocycles. The first kappa shape index (κ1) is 14.4. The molecule has 0 bridgehead atoms. The topological polar surface area (TPSA) is 38.3 Å². The lowest BCUT2D eigenvalue weighted by Gasteiger charge is -2.21. The van der Waals surface area contributed by atoms with Crippen LogP contribution in [-0.4, -0.2) is 13.0 Å². The van der Waals surface area contributed by atoms with E-state index in [1.807, 2.05) is 0 Å². The lowest BCUT2D eigenvalue weighted by molar-refractivity contribution is -0.124. The summed E-state index contributed by atoms with van der Waals surface area (Å²) in [5.74, 6) is -0.485. The van der Waals surface area contributed by atoms with Gasteiger partial charge in [-0.25, -0.2) is 4.39 Å². The minimum Gasteiger partial charge on any atom is -0.496 e. The first-order valence-corrected chi connectivity index (χ1v) is 7.28. The number of rotatable bonds is 2. The number of amides is 1. The number of carbonyl (C=O) groups excluding carboxylic acids is 1. The normalized spacial score (nSPS) is 20.1. The number of nitrogens with one attached hydrogen (secondary N) is 1. The minimum atomic E-state index is -2.34. The van der Waals surface area contributed by atoms with E-state index in [0.29, 0.717) is 15.2 Å². The van der Waals surface area contributed by atoms with Crippen molar-refractivity contribution in [1.29, 1.82) is 0 Å². The average molecular weight is 371 g/mol. The molecule has 2 aromatic rings. The summed E-state index contributed by atoms with van der Waals surface area (Å²) in [6.07, 6.45) is 0. The summed E-state index contributed by atoms with van der Waals surface area (Å²) in [4.78, 5) is 12.2. The molecule has 2 aromatic carbocycles. The van der Waals surface area contributed by atoms with Crippen LogP contribution in [0, 0.1) is 0 Å². The van der Waals surface area contributed by atoms with E-state index in [9.17, 15) is 4.79 Å². The first-order chi connectivity index (χ1) is 9.96. The quantitative estimate of drug-likeness (QED) is 0.857. The third-order valence-electron chi connectivity index (χ3n) is 3.45. The fraction of sp³-hybridized carbons (Fsp3) is 0.133. The second-order valence-corrected chi connectivity index (χ2v) is 6.00. The molecular weight excluding hydrogens is 361 g/mol. The Morgan fingerprint density at radius 3 is 2.71 bits per heavy atom. The van der Waals surface area contributed by atoms with Gasteiger partial charge in [0.2, 0.25) is 5.67 Å². The molecule has 1 amide bonds. The number of hydrogen-bond acceptors (Lipinski definition) is 2. The van der Waals surface area contributed by atoms with Gasteiger partial charge in [-0.3, -0.25) is 4.79 Å². The largest absolute Gasteiger partial charge is 0.496 e. The highest BCUT2D eigenvalue weighted by Crippen LogP contribution is 2.48. The van der Waals surface area contributed by atoms with Gasteiger partial charge in [0.05, 0.1) is 7.11 Å². The molecule has 0 aromatic heterocycles. The van der Waals surface area contributed by atoms with Gasteiger partial charge in [-0.2, -0.15) is 0 Å². The van der Waals surface area contributed by atoms with E-state index >= 15 is 4.39 Å². The number of anilines is 1. The molecule has 1 atom stereocenters. The number of fused-ring (bicyclic) bond motifs is 1. The first-order valence-electron chi connectivity index (χ1n) is 6.11. The SMILES string of the molecule is COc1ccc(Cl)cc1C1(F)C(=O)Nc2ccc(Br)cc21. The van der Waals surface area contributed by atoms with Crippen LogP contribution in [0.2, 0.25) is 5.02 Å². The number of ether oxygens (including phenoxy) is 1. The van der Waals surface area contributed by atoms with Crippen LogP contribution >= 0.6 is 27.5 Å². The lowest BCUT2D eigenvalue weighted by atomic mass is 9.88. The Hall–Kier alpha value is -1.59. The van der Waals surface area contributed by atoms with Crippen molar-refractivity contribution in [1.82, 2.24) is 0 Å². The molecule has 0 saturated heterocycles. The summed E-state index contributed by atoms with van der Waals surface area (Å²) in [6.45, 7) is 0. The number of hydrogen-bond donors (Lipinski definition) is 1. The van der Waals surface area contributed by atoms with Crippen molar-refractivity contribution in [3.63, 3.8) is 0 Å². The van der Waals surface area contributed by atoms with Gasteiger partial charge in [0.15, 0.2) is 0 Å². The van der Waals surface area contributed by atoms with E-state index < -0.39 is 11.6 Å². The van der Waals surface area contributed by atoms with Crippen LogP contribution in [0.3, 0.4) is 0 Å². The molecule has 1 N–H and O–H groups in total. The summed E-state index contributed by atoms with van der Waals surface area (Å²) in [7, 11) is 1.42. The Morgan fingerprint density at radius 1 is 1.24 bits per heavy atom. The maximum Gasteiger partial charge on any atom is 0.271 e. The molecule has 1 heterocycles. The van der Waals surface area contributed by atoms with Gasteiger partial charge in [-0.05, 0) is 36.4 Å². The van der Waals surface area contributed by atoms with Gasteiger partial charge in [0, 0.05) is 26.3 Å². The van der Waals surface area contributed by atoms with Crippen molar-refractivity contribution >= 4 is 39.1 Å². The van der Waals surface area contributed by atoms with E-state index in [4.69, 9.17) is 16.3 Å². The molecule has 0 spiro atoms. The number of carbonyl (C=O) groups is 1. The summed E-state index contributed by atoms with van der Waals surface area (Å²) in [6, 6.07) is 9.50. The molecule has 1 unspecified atom stereocenters. The van der Waals surface area contributed by atoms with Crippen LogP contribution in [0.1, 0.15) is 11.1 Å². The Balaban J connectivity index is 2.29. The Bertz CT molecular complexity index is 752. The third-order valence-corrected chi connectivity index (χ3v) is 4.17. The fourth-order valence-electron chi connectivity index (χ4n) is 2.46. The van der Waals surface area contributed by atoms with Crippen molar-refractivity contribution in [2.75, 3.05) is 12.4 Å². The van der Waals surface area contributed by atoms with Gasteiger partial charge in [-0.15, -0.1) is 0 Å². The van der Waals surface area contributed by atoms with Crippen molar-refractivity contribution in [2.24, 2.45) is 0 Å². The zero-order valence-electron chi connectivity index (χ0n) is 10.9. The lowest BCUT2D eigenvalue weighted by Crippen LogP contribution is -2.31. The van der Waals surface area contributed by atoms with Crippen molar-refractivity contribution in [2.45, 2.75) is 5.67 Å². The summed E-state index contributed by atoms with van der Waals surface area (Å²) in [5.41, 5.74) is -1.57. The molecule has 0 saturated carbocycles. The summed E-state index contributed by atoms with van der Waals surface area (Å²) < 4.78 is 21.5. The zero-order valence-corrected chi connectivity index (χ0v) is 13.3. The van der Waals surface area contributed by atoms with Crippen LogP contribution < -0.4 is 10.1 Å². The number of halogens is 3. The molecule has 108 valence electrons. The van der Waals surface area contributed by atoms with Gasteiger partial charge in [-0.1, -0.05) is 27.5 Å². The van der Waals surface area contributed by atoms with E-state index in [2.05, 4.69) is 21.2 Å². The second-order valence-electron chi connectivity index (χ2n) is 4.65. The highest BCUT2D eigenvalue weighted by molar-refractivity contribution is 9.10. The van der Waals surface area contributed by atoms with Crippen LogP contribution in [0.25, 0.3) is 0 Å². The number of alkyl halides is 1. The Kier molecular flexibility index (Phi) is 3.42. The smallest absolute Gasteiger partial charge is 0.271 e. The minimum absolute atomic E-state index is 0.0897. The maximum absolute atomic E-state index is 15.7. The van der Waals surface area contributed by atoms with E-state index in [1.54, 1.807) is 30.3 Å². The fourth-order valence-corrected chi connectivity index (χ4v) is 2.99. The molecular formula is C15H10BrClFNO2. The summed E-state index contributed by atoms with van der Waals surface area (Å²) >= 11 is 9.25. The van der Waals surface area contributed by atoms with Gasteiger partial charge >= 0.3 is 0 Å². The predicted octanol–water partition coefficient (Wildman–Crippen LogP) is 4.28. The number of benzene rings is 2. The monoisotopic (exact) mass is 369 g/mol. The number of methoxy groups -OCH3 is 1. The van der Waals surface area contributed by atoms with Crippen LogP contribution in [-0.2, 0) is 10.5 Å². The van der Waals surface area contributed by atoms with Crippen LogP contribution in [0.5, 0.6) is 5.75 Å². The van der Waals surface area contributed by atoms with Crippen molar-refractivity contribution in [3.8, 4) is 5.75 Å². The molecule has 1 aliphatic rings. The van der Waals surface area contributed by atoms with Crippen molar-refractivity contribution in [3.05, 3.63) is 57.0 Å².